The number of aliphatic hydroxyl groups is 1. The van der Waals surface area contributed by atoms with Gasteiger partial charge in [-0.3, -0.25) is 4.79 Å². The lowest BCUT2D eigenvalue weighted by Crippen LogP contribution is -2.16. The van der Waals surface area contributed by atoms with Crippen molar-refractivity contribution in [3.05, 3.63) is 29.8 Å². The second kappa shape index (κ2) is 6.56. The maximum absolute atomic E-state index is 12.8. The molecule has 1 aromatic rings. The molecule has 0 aliphatic carbocycles. The van der Waals surface area contributed by atoms with Gasteiger partial charge in [-0.25, -0.2) is 8.78 Å². The zero-order valence-electron chi connectivity index (χ0n) is 9.15. The van der Waals surface area contributed by atoms with Crippen LogP contribution >= 0.6 is 11.8 Å². The molecule has 1 N–H and O–H groups in total. The van der Waals surface area contributed by atoms with Crippen LogP contribution in [0.4, 0.5) is 8.78 Å². The number of thioether (sulfide) groups is 1. The maximum atomic E-state index is 12.8. The third-order valence-corrected chi connectivity index (χ3v) is 3.10. The smallest absolute Gasteiger partial charge is 0.308 e. The van der Waals surface area contributed by atoms with E-state index in [2.05, 4.69) is 4.74 Å². The van der Waals surface area contributed by atoms with Crippen molar-refractivity contribution < 1.29 is 23.4 Å². The summed E-state index contributed by atoms with van der Waals surface area (Å²) in [5, 5.41) is 9.45. The molecule has 0 aliphatic heterocycles. The minimum atomic E-state index is -0.933. The molecule has 0 aromatic heterocycles. The van der Waals surface area contributed by atoms with Crippen molar-refractivity contribution in [3.8, 4) is 0 Å². The summed E-state index contributed by atoms with van der Waals surface area (Å²) in [5.41, 5.74) is 0. The van der Waals surface area contributed by atoms with E-state index in [0.29, 0.717) is 4.90 Å². The van der Waals surface area contributed by atoms with Crippen LogP contribution in [0, 0.1) is 11.6 Å². The lowest BCUT2D eigenvalue weighted by atomic mass is 10.3. The van der Waals surface area contributed by atoms with Crippen LogP contribution < -0.4 is 0 Å². The number of halogens is 2. The Hall–Kier alpha value is -1.14. The van der Waals surface area contributed by atoms with E-state index in [4.69, 9.17) is 0 Å². The molecule has 0 aliphatic rings. The van der Waals surface area contributed by atoms with Gasteiger partial charge in [0.15, 0.2) is 11.6 Å². The van der Waals surface area contributed by atoms with Gasteiger partial charge >= 0.3 is 5.97 Å². The molecule has 3 nitrogen and oxygen atoms in total. The van der Waals surface area contributed by atoms with Crippen molar-refractivity contribution >= 4 is 17.7 Å². The zero-order valence-corrected chi connectivity index (χ0v) is 9.97. The molecular formula is C11H12F2O3S. The average molecular weight is 262 g/mol. The van der Waals surface area contributed by atoms with Gasteiger partial charge in [-0.05, 0) is 18.2 Å². The summed E-state index contributed by atoms with van der Waals surface area (Å²) in [6.45, 7) is 0. The number of hydrogen-bond acceptors (Lipinski definition) is 4. The highest BCUT2D eigenvalue weighted by molar-refractivity contribution is 7.99. The summed E-state index contributed by atoms with van der Waals surface area (Å²) in [5.74, 6) is -2.15. The normalized spacial score (nSPS) is 12.2. The summed E-state index contributed by atoms with van der Waals surface area (Å²) in [6.07, 6.45) is -0.992. The van der Waals surface area contributed by atoms with Crippen molar-refractivity contribution in [3.63, 3.8) is 0 Å². The van der Waals surface area contributed by atoms with E-state index in [9.17, 15) is 18.7 Å². The molecule has 0 spiro atoms. The number of carbonyl (C=O) groups is 1. The van der Waals surface area contributed by atoms with Gasteiger partial charge in [0.2, 0.25) is 0 Å². The molecule has 0 fully saturated rings. The Morgan fingerprint density at radius 3 is 2.76 bits per heavy atom. The SMILES string of the molecule is COC(=O)C[C@@H](O)CSc1ccc(F)c(F)c1. The van der Waals surface area contributed by atoms with Crippen LogP contribution in [0.5, 0.6) is 0 Å². The topological polar surface area (TPSA) is 46.5 Å². The molecule has 1 rings (SSSR count). The lowest BCUT2D eigenvalue weighted by molar-refractivity contribution is -0.142. The number of rotatable bonds is 5. The van der Waals surface area contributed by atoms with Crippen LogP contribution in [-0.2, 0) is 9.53 Å². The van der Waals surface area contributed by atoms with Crippen molar-refractivity contribution in [2.24, 2.45) is 0 Å². The highest BCUT2D eigenvalue weighted by Gasteiger charge is 2.12. The Labute approximate surface area is 102 Å². The van der Waals surface area contributed by atoms with E-state index in [1.165, 1.54) is 13.2 Å². The van der Waals surface area contributed by atoms with Gasteiger partial charge in [0.1, 0.15) is 0 Å². The number of ether oxygens (including phenoxy) is 1. The minimum Gasteiger partial charge on any atom is -0.469 e. The molecule has 0 saturated heterocycles. The number of hydrogen-bond donors (Lipinski definition) is 1. The minimum absolute atomic E-state index is 0.118. The third kappa shape index (κ3) is 4.70. The second-order valence-corrected chi connectivity index (χ2v) is 4.41. The van der Waals surface area contributed by atoms with Gasteiger partial charge in [0.25, 0.3) is 0 Å². The Morgan fingerprint density at radius 2 is 2.18 bits per heavy atom. The summed E-state index contributed by atoms with van der Waals surface area (Å²) >= 11 is 1.14. The quantitative estimate of drug-likeness (QED) is 0.651. The molecule has 17 heavy (non-hydrogen) atoms. The van der Waals surface area contributed by atoms with E-state index in [0.717, 1.165) is 23.9 Å². The molecule has 0 amide bonds. The fourth-order valence-corrected chi connectivity index (χ4v) is 1.95. The zero-order chi connectivity index (χ0) is 12.8. The maximum Gasteiger partial charge on any atom is 0.308 e. The Morgan fingerprint density at radius 1 is 1.47 bits per heavy atom. The number of esters is 1. The molecule has 0 bridgehead atoms. The lowest BCUT2D eigenvalue weighted by Gasteiger charge is -2.08. The van der Waals surface area contributed by atoms with Crippen LogP contribution in [0.15, 0.2) is 23.1 Å². The van der Waals surface area contributed by atoms with Gasteiger partial charge in [0.05, 0.1) is 19.6 Å². The van der Waals surface area contributed by atoms with Gasteiger partial charge in [-0.1, -0.05) is 0 Å². The average Bonchev–Trinajstić information content (AvgIpc) is 2.30. The monoisotopic (exact) mass is 262 g/mol. The first-order valence-electron chi connectivity index (χ1n) is 4.85. The molecule has 1 aromatic carbocycles. The van der Waals surface area contributed by atoms with E-state index < -0.39 is 23.7 Å². The molecule has 0 unspecified atom stereocenters. The highest BCUT2D eigenvalue weighted by Crippen LogP contribution is 2.21. The first kappa shape index (κ1) is 13.9. The first-order valence-corrected chi connectivity index (χ1v) is 5.84. The fraction of sp³-hybridized carbons (Fsp3) is 0.364. The number of benzene rings is 1. The largest absolute Gasteiger partial charge is 0.469 e. The summed E-state index contributed by atoms with van der Waals surface area (Å²) in [6, 6.07) is 3.48. The molecule has 0 heterocycles. The van der Waals surface area contributed by atoms with E-state index in [1.54, 1.807) is 0 Å². The molecule has 0 radical (unpaired) electrons. The number of aliphatic hydroxyl groups excluding tert-OH is 1. The third-order valence-electron chi connectivity index (χ3n) is 1.96. The van der Waals surface area contributed by atoms with Gasteiger partial charge in [-0.2, -0.15) is 0 Å². The molecule has 1 atom stereocenters. The van der Waals surface area contributed by atoms with E-state index >= 15 is 0 Å². The Balaban J connectivity index is 2.44. The molecule has 94 valence electrons. The molecular weight excluding hydrogens is 250 g/mol. The number of methoxy groups -OCH3 is 1. The van der Waals surface area contributed by atoms with Crippen molar-refractivity contribution in [1.82, 2.24) is 0 Å². The predicted molar refractivity (Wildman–Crippen MR) is 59.7 cm³/mol. The van der Waals surface area contributed by atoms with Crippen LogP contribution in [0.3, 0.4) is 0 Å². The van der Waals surface area contributed by atoms with Crippen molar-refractivity contribution in [2.45, 2.75) is 17.4 Å². The summed E-state index contributed by atoms with van der Waals surface area (Å²) in [7, 11) is 1.23. The van der Waals surface area contributed by atoms with Crippen LogP contribution in [0.1, 0.15) is 6.42 Å². The second-order valence-electron chi connectivity index (χ2n) is 3.32. The van der Waals surface area contributed by atoms with Crippen LogP contribution in [0.25, 0.3) is 0 Å². The molecule has 0 saturated carbocycles. The van der Waals surface area contributed by atoms with Crippen molar-refractivity contribution in [2.75, 3.05) is 12.9 Å². The standard InChI is InChI=1S/C11H12F2O3S/c1-16-11(15)4-7(14)6-17-8-2-3-9(12)10(13)5-8/h2-3,5,7,14H,4,6H2,1H3/t7-/m1/s1. The van der Waals surface area contributed by atoms with Crippen LogP contribution in [-0.4, -0.2) is 30.0 Å². The summed E-state index contributed by atoms with van der Waals surface area (Å²) < 4.78 is 29.9. The molecule has 6 heteroatoms. The first-order chi connectivity index (χ1) is 8.02. The van der Waals surface area contributed by atoms with Gasteiger partial charge in [-0.15, -0.1) is 11.8 Å². The van der Waals surface area contributed by atoms with Crippen LogP contribution in [0.2, 0.25) is 0 Å². The number of carbonyl (C=O) groups excluding carboxylic acids is 1. The Bertz CT molecular complexity index is 398. The van der Waals surface area contributed by atoms with Gasteiger partial charge in [0, 0.05) is 10.6 Å². The predicted octanol–water partition coefficient (Wildman–Crippen LogP) is 1.98. The summed E-state index contributed by atoms with van der Waals surface area (Å²) in [4.78, 5) is 11.3. The fourth-order valence-electron chi connectivity index (χ4n) is 1.09. The van der Waals surface area contributed by atoms with Gasteiger partial charge < -0.3 is 9.84 Å². The van der Waals surface area contributed by atoms with E-state index in [-0.39, 0.29) is 12.2 Å². The highest BCUT2D eigenvalue weighted by atomic mass is 32.2. The Kier molecular flexibility index (Phi) is 5.37. The van der Waals surface area contributed by atoms with Crippen molar-refractivity contribution in [1.29, 1.82) is 0 Å². The van der Waals surface area contributed by atoms with E-state index in [1.807, 2.05) is 0 Å².